The fourth-order valence-electron chi connectivity index (χ4n) is 1.70. The van der Waals surface area contributed by atoms with Gasteiger partial charge in [-0.05, 0) is 51.8 Å². The maximum Gasteiger partial charge on any atom is 0.120 e. The lowest BCUT2D eigenvalue weighted by Crippen LogP contribution is -2.23. The number of rotatable bonds is 5. The standard InChI is InChI=1S/C15H23NO2/c1-5-6-7-13(16)12-10-11(8-9-14(12)17)18-15(2,3)4/h5,8-10,13,17H,1,6-7,16H2,2-4H3/t13-/m0/s1. The molecule has 0 unspecified atom stereocenters. The van der Waals surface area contributed by atoms with Gasteiger partial charge in [0.2, 0.25) is 0 Å². The first-order valence-electron chi connectivity index (χ1n) is 6.22. The zero-order valence-electron chi connectivity index (χ0n) is 11.4. The van der Waals surface area contributed by atoms with Crippen LogP contribution in [0.3, 0.4) is 0 Å². The Morgan fingerprint density at radius 2 is 2.11 bits per heavy atom. The van der Waals surface area contributed by atoms with Crippen LogP contribution in [0, 0.1) is 0 Å². The van der Waals surface area contributed by atoms with Gasteiger partial charge in [0.25, 0.3) is 0 Å². The molecular weight excluding hydrogens is 226 g/mol. The van der Waals surface area contributed by atoms with Crippen molar-refractivity contribution in [2.24, 2.45) is 5.73 Å². The highest BCUT2D eigenvalue weighted by atomic mass is 16.5. The molecule has 18 heavy (non-hydrogen) atoms. The minimum Gasteiger partial charge on any atom is -0.508 e. The molecular formula is C15H23NO2. The first kappa shape index (κ1) is 14.6. The maximum absolute atomic E-state index is 9.84. The van der Waals surface area contributed by atoms with Crippen LogP contribution in [0.25, 0.3) is 0 Å². The second kappa shape index (κ2) is 5.91. The van der Waals surface area contributed by atoms with Crippen molar-refractivity contribution in [3.63, 3.8) is 0 Å². The van der Waals surface area contributed by atoms with Crippen LogP contribution in [0.15, 0.2) is 30.9 Å². The summed E-state index contributed by atoms with van der Waals surface area (Å²) in [5.74, 6) is 0.942. The summed E-state index contributed by atoms with van der Waals surface area (Å²) in [4.78, 5) is 0. The molecule has 1 aromatic carbocycles. The molecule has 0 bridgehead atoms. The summed E-state index contributed by atoms with van der Waals surface area (Å²) in [5.41, 5.74) is 6.51. The van der Waals surface area contributed by atoms with Crippen LogP contribution in [-0.2, 0) is 0 Å². The fourth-order valence-corrected chi connectivity index (χ4v) is 1.70. The molecule has 3 nitrogen and oxygen atoms in total. The Kier molecular flexibility index (Phi) is 4.79. The zero-order chi connectivity index (χ0) is 13.8. The molecule has 0 aliphatic rings. The van der Waals surface area contributed by atoms with Gasteiger partial charge >= 0.3 is 0 Å². The van der Waals surface area contributed by atoms with E-state index in [-0.39, 0.29) is 17.4 Å². The SMILES string of the molecule is C=CCC[C@H](N)c1cc(OC(C)(C)C)ccc1O. The van der Waals surface area contributed by atoms with Crippen molar-refractivity contribution < 1.29 is 9.84 Å². The quantitative estimate of drug-likeness (QED) is 0.785. The number of phenolic OH excluding ortho intramolecular Hbond substituents is 1. The summed E-state index contributed by atoms with van der Waals surface area (Å²) < 4.78 is 5.77. The van der Waals surface area contributed by atoms with E-state index in [0.29, 0.717) is 0 Å². The van der Waals surface area contributed by atoms with Gasteiger partial charge in [0.1, 0.15) is 17.1 Å². The average molecular weight is 249 g/mol. The number of phenols is 1. The molecule has 0 heterocycles. The Morgan fingerprint density at radius 1 is 1.44 bits per heavy atom. The normalized spacial score (nSPS) is 13.1. The van der Waals surface area contributed by atoms with Gasteiger partial charge in [0, 0.05) is 11.6 Å². The summed E-state index contributed by atoms with van der Waals surface area (Å²) in [6, 6.07) is 4.99. The lowest BCUT2D eigenvalue weighted by atomic mass is 10.0. The molecule has 1 aromatic rings. The topological polar surface area (TPSA) is 55.5 Å². The summed E-state index contributed by atoms with van der Waals surface area (Å²) >= 11 is 0. The Morgan fingerprint density at radius 3 is 2.67 bits per heavy atom. The summed E-state index contributed by atoms with van der Waals surface area (Å²) in [6.45, 7) is 9.62. The van der Waals surface area contributed by atoms with Gasteiger partial charge in [0.15, 0.2) is 0 Å². The van der Waals surface area contributed by atoms with Crippen molar-refractivity contribution in [1.82, 2.24) is 0 Å². The van der Waals surface area contributed by atoms with Gasteiger partial charge in [-0.3, -0.25) is 0 Å². The van der Waals surface area contributed by atoms with E-state index in [4.69, 9.17) is 10.5 Å². The van der Waals surface area contributed by atoms with Crippen LogP contribution in [0.2, 0.25) is 0 Å². The predicted octanol–water partition coefficient (Wildman–Crippen LogP) is 3.54. The monoisotopic (exact) mass is 249 g/mol. The molecule has 0 aliphatic heterocycles. The second-order valence-electron chi connectivity index (χ2n) is 5.41. The van der Waals surface area contributed by atoms with Crippen LogP contribution in [0.4, 0.5) is 0 Å². The highest BCUT2D eigenvalue weighted by molar-refractivity contribution is 5.41. The molecule has 0 aliphatic carbocycles. The smallest absolute Gasteiger partial charge is 0.120 e. The van der Waals surface area contributed by atoms with Crippen molar-refractivity contribution in [2.45, 2.75) is 45.3 Å². The second-order valence-corrected chi connectivity index (χ2v) is 5.41. The maximum atomic E-state index is 9.84. The molecule has 0 radical (unpaired) electrons. The predicted molar refractivity (Wildman–Crippen MR) is 74.8 cm³/mol. The molecule has 0 saturated carbocycles. The number of ether oxygens (including phenoxy) is 1. The molecule has 0 amide bonds. The highest BCUT2D eigenvalue weighted by Crippen LogP contribution is 2.31. The van der Waals surface area contributed by atoms with Gasteiger partial charge in [-0.15, -0.1) is 6.58 Å². The van der Waals surface area contributed by atoms with Gasteiger partial charge in [-0.2, -0.15) is 0 Å². The van der Waals surface area contributed by atoms with Crippen molar-refractivity contribution in [3.05, 3.63) is 36.4 Å². The van der Waals surface area contributed by atoms with Crippen LogP contribution < -0.4 is 10.5 Å². The minimum atomic E-state index is -0.264. The number of hydrogen-bond acceptors (Lipinski definition) is 3. The number of hydrogen-bond donors (Lipinski definition) is 2. The summed E-state index contributed by atoms with van der Waals surface area (Å²) in [5, 5.41) is 9.84. The Balaban J connectivity index is 2.90. The van der Waals surface area contributed by atoms with Crippen LogP contribution in [0.1, 0.15) is 45.2 Å². The summed E-state index contributed by atoms with van der Waals surface area (Å²) in [6.07, 6.45) is 3.41. The van der Waals surface area contributed by atoms with E-state index in [1.54, 1.807) is 12.1 Å². The van der Waals surface area contributed by atoms with E-state index < -0.39 is 0 Å². The molecule has 0 saturated heterocycles. The van der Waals surface area contributed by atoms with E-state index in [1.807, 2.05) is 32.9 Å². The number of aromatic hydroxyl groups is 1. The van der Waals surface area contributed by atoms with Gasteiger partial charge < -0.3 is 15.6 Å². The van der Waals surface area contributed by atoms with Crippen molar-refractivity contribution >= 4 is 0 Å². The molecule has 0 fully saturated rings. The van der Waals surface area contributed by atoms with E-state index in [1.165, 1.54) is 0 Å². The Hall–Kier alpha value is -1.48. The van der Waals surface area contributed by atoms with Crippen LogP contribution >= 0.6 is 0 Å². The molecule has 0 aromatic heterocycles. The van der Waals surface area contributed by atoms with Crippen LogP contribution in [0.5, 0.6) is 11.5 Å². The summed E-state index contributed by atoms with van der Waals surface area (Å²) in [7, 11) is 0. The average Bonchev–Trinajstić information content (AvgIpc) is 2.26. The molecule has 0 spiro atoms. The third-order valence-corrected chi connectivity index (χ3v) is 2.50. The van der Waals surface area contributed by atoms with Gasteiger partial charge in [0.05, 0.1) is 0 Å². The molecule has 100 valence electrons. The highest BCUT2D eigenvalue weighted by Gasteiger charge is 2.15. The minimum absolute atomic E-state index is 0.202. The van der Waals surface area contributed by atoms with Gasteiger partial charge in [-0.1, -0.05) is 6.08 Å². The largest absolute Gasteiger partial charge is 0.508 e. The third kappa shape index (κ3) is 4.41. The lowest BCUT2D eigenvalue weighted by molar-refractivity contribution is 0.130. The van der Waals surface area contributed by atoms with Crippen molar-refractivity contribution in [3.8, 4) is 11.5 Å². The number of allylic oxidation sites excluding steroid dienone is 1. The molecule has 3 N–H and O–H groups in total. The van der Waals surface area contributed by atoms with E-state index in [0.717, 1.165) is 24.2 Å². The first-order valence-corrected chi connectivity index (χ1v) is 6.22. The van der Waals surface area contributed by atoms with E-state index >= 15 is 0 Å². The zero-order valence-corrected chi connectivity index (χ0v) is 11.4. The Bertz CT molecular complexity index is 407. The fraction of sp³-hybridized carbons (Fsp3) is 0.467. The lowest BCUT2D eigenvalue weighted by Gasteiger charge is -2.22. The molecule has 1 atom stereocenters. The third-order valence-electron chi connectivity index (χ3n) is 2.50. The van der Waals surface area contributed by atoms with E-state index in [2.05, 4.69) is 6.58 Å². The number of benzene rings is 1. The number of nitrogens with two attached hydrogens (primary N) is 1. The first-order chi connectivity index (χ1) is 8.33. The van der Waals surface area contributed by atoms with Crippen molar-refractivity contribution in [1.29, 1.82) is 0 Å². The molecule has 3 heteroatoms. The van der Waals surface area contributed by atoms with Gasteiger partial charge in [-0.25, -0.2) is 0 Å². The van der Waals surface area contributed by atoms with E-state index in [9.17, 15) is 5.11 Å². The Labute approximate surface area is 109 Å². The van der Waals surface area contributed by atoms with Crippen molar-refractivity contribution in [2.75, 3.05) is 0 Å². The molecule has 1 rings (SSSR count). The van der Waals surface area contributed by atoms with Crippen LogP contribution in [-0.4, -0.2) is 10.7 Å².